The normalized spacial score (nSPS) is 11.4. The van der Waals surface area contributed by atoms with Crippen LogP contribution in [0.3, 0.4) is 0 Å². The van der Waals surface area contributed by atoms with Crippen LogP contribution < -0.4 is 5.73 Å². The van der Waals surface area contributed by atoms with Gasteiger partial charge in [0.2, 0.25) is 0 Å². The van der Waals surface area contributed by atoms with Crippen LogP contribution in [-0.2, 0) is 6.42 Å². The van der Waals surface area contributed by atoms with Crippen LogP contribution in [0.2, 0.25) is 0 Å². The summed E-state index contributed by atoms with van der Waals surface area (Å²) in [5.74, 6) is 0. The number of anilines is 1. The summed E-state index contributed by atoms with van der Waals surface area (Å²) in [5, 5.41) is 2.11. The zero-order valence-corrected chi connectivity index (χ0v) is 15.4. The van der Waals surface area contributed by atoms with E-state index in [2.05, 4.69) is 25.1 Å². The largest absolute Gasteiger partial charge is 0.398 e. The van der Waals surface area contributed by atoms with E-state index in [-0.39, 0.29) is 0 Å². The summed E-state index contributed by atoms with van der Waals surface area (Å²) >= 11 is 0. The monoisotopic (exact) mass is 334 g/mol. The second-order valence-corrected chi connectivity index (χ2v) is 7.12. The highest BCUT2D eigenvalue weighted by atomic mass is 14.7. The number of pyridine rings is 1. The van der Waals surface area contributed by atoms with Crippen molar-refractivity contribution in [3.63, 3.8) is 0 Å². The number of nitrogens with zero attached hydrogens (tertiary/aromatic N) is 1. The maximum Gasteiger partial charge on any atom is 0.0733 e. The first-order valence-corrected chi connectivity index (χ1v) is 9.86. The van der Waals surface area contributed by atoms with Crippen LogP contribution >= 0.6 is 0 Å². The minimum absolute atomic E-state index is 0.847. The quantitative estimate of drug-likeness (QED) is 0.351. The average Bonchev–Trinajstić information content (AvgIpc) is 2.64. The Kier molecular flexibility index (Phi) is 6.27. The molecule has 0 aliphatic rings. The summed E-state index contributed by atoms with van der Waals surface area (Å²) in [6.07, 6.45) is 12.0. The third-order valence-electron chi connectivity index (χ3n) is 5.11. The van der Waals surface area contributed by atoms with Crippen LogP contribution in [0.25, 0.3) is 21.8 Å². The van der Waals surface area contributed by atoms with Gasteiger partial charge in [0.25, 0.3) is 0 Å². The van der Waals surface area contributed by atoms with Crippen molar-refractivity contribution in [1.82, 2.24) is 4.98 Å². The molecule has 0 unspecified atom stereocenters. The molecule has 0 aliphatic carbocycles. The van der Waals surface area contributed by atoms with Crippen molar-refractivity contribution in [3.8, 4) is 0 Å². The van der Waals surface area contributed by atoms with E-state index in [1.807, 2.05) is 24.3 Å². The Balaban J connectivity index is 1.59. The minimum atomic E-state index is 0.847. The average molecular weight is 335 g/mol. The van der Waals surface area contributed by atoms with Gasteiger partial charge < -0.3 is 5.73 Å². The van der Waals surface area contributed by atoms with Gasteiger partial charge in [-0.2, -0.15) is 0 Å². The highest BCUT2D eigenvalue weighted by Crippen LogP contribution is 2.28. The van der Waals surface area contributed by atoms with Gasteiger partial charge in [0.05, 0.1) is 16.7 Å². The molecule has 3 rings (SSSR count). The van der Waals surface area contributed by atoms with Crippen LogP contribution in [0.15, 0.2) is 42.5 Å². The predicted octanol–water partition coefficient (Wildman–Crippen LogP) is 6.65. The lowest BCUT2D eigenvalue weighted by molar-refractivity contribution is 0.575. The van der Waals surface area contributed by atoms with Gasteiger partial charge in [-0.15, -0.1) is 0 Å². The second kappa shape index (κ2) is 8.84. The number of para-hydroxylation sites is 1. The molecule has 3 aromatic rings. The van der Waals surface area contributed by atoms with Gasteiger partial charge >= 0.3 is 0 Å². The van der Waals surface area contributed by atoms with E-state index < -0.39 is 0 Å². The molecule has 0 spiro atoms. The third-order valence-corrected chi connectivity index (χ3v) is 5.11. The maximum absolute atomic E-state index is 6.35. The number of fused-ring (bicyclic) bond motifs is 2. The maximum atomic E-state index is 6.35. The third kappa shape index (κ3) is 4.50. The van der Waals surface area contributed by atoms with E-state index in [1.54, 1.807) is 0 Å². The number of aryl methyl sites for hydroxylation is 1. The summed E-state index contributed by atoms with van der Waals surface area (Å²) in [6, 6.07) is 14.7. The van der Waals surface area contributed by atoms with Crippen LogP contribution in [0.5, 0.6) is 0 Å². The molecule has 132 valence electrons. The minimum Gasteiger partial charge on any atom is -0.398 e. The number of nitrogens with two attached hydrogens (primary N) is 1. The molecular formula is C23H30N2. The Labute approximate surface area is 151 Å². The molecule has 1 heterocycles. The lowest BCUT2D eigenvalue weighted by Gasteiger charge is -2.08. The molecule has 0 aliphatic heterocycles. The van der Waals surface area contributed by atoms with Gasteiger partial charge in [0.1, 0.15) is 0 Å². The van der Waals surface area contributed by atoms with Gasteiger partial charge in [0, 0.05) is 10.8 Å². The molecule has 0 atom stereocenters. The molecule has 0 bridgehead atoms. The van der Waals surface area contributed by atoms with Crippen LogP contribution in [-0.4, -0.2) is 4.98 Å². The first-order valence-electron chi connectivity index (χ1n) is 9.86. The number of unbranched alkanes of at least 4 members (excludes halogenated alkanes) is 7. The number of aromatic nitrogens is 1. The van der Waals surface area contributed by atoms with Gasteiger partial charge in [-0.1, -0.05) is 82.2 Å². The summed E-state index contributed by atoms with van der Waals surface area (Å²) in [6.45, 7) is 2.27. The highest BCUT2D eigenvalue weighted by molar-refractivity contribution is 6.06. The van der Waals surface area contributed by atoms with E-state index in [1.165, 1.54) is 56.9 Å². The fourth-order valence-electron chi connectivity index (χ4n) is 3.59. The summed E-state index contributed by atoms with van der Waals surface area (Å²) < 4.78 is 0. The smallest absolute Gasteiger partial charge is 0.0733 e. The number of rotatable bonds is 9. The zero-order valence-electron chi connectivity index (χ0n) is 15.4. The van der Waals surface area contributed by atoms with Crippen LogP contribution in [0.4, 0.5) is 5.69 Å². The summed E-state index contributed by atoms with van der Waals surface area (Å²) in [4.78, 5) is 4.81. The molecule has 0 saturated heterocycles. The number of benzene rings is 2. The molecule has 0 radical (unpaired) electrons. The van der Waals surface area contributed by atoms with Crippen molar-refractivity contribution in [3.05, 3.63) is 48.0 Å². The fourth-order valence-corrected chi connectivity index (χ4v) is 3.59. The van der Waals surface area contributed by atoms with Crippen molar-refractivity contribution >= 4 is 27.5 Å². The molecule has 0 fully saturated rings. The molecule has 0 saturated carbocycles. The molecule has 2 aromatic carbocycles. The van der Waals surface area contributed by atoms with Crippen molar-refractivity contribution in [2.75, 3.05) is 5.73 Å². The molecule has 2 N–H and O–H groups in total. The van der Waals surface area contributed by atoms with Crippen molar-refractivity contribution in [2.24, 2.45) is 0 Å². The van der Waals surface area contributed by atoms with Crippen molar-refractivity contribution in [2.45, 2.75) is 64.7 Å². The molecular weight excluding hydrogens is 304 g/mol. The Bertz CT molecular complexity index is 823. The van der Waals surface area contributed by atoms with Gasteiger partial charge in [-0.3, -0.25) is 0 Å². The van der Waals surface area contributed by atoms with E-state index in [4.69, 9.17) is 10.7 Å². The number of hydrogen-bond donors (Lipinski definition) is 1. The Hall–Kier alpha value is -2.09. The SMILES string of the molecule is CCCCCCCCCCc1ccc2c(N)c3ccccc3nc2c1. The summed E-state index contributed by atoms with van der Waals surface area (Å²) in [7, 11) is 0. The van der Waals surface area contributed by atoms with E-state index in [0.717, 1.165) is 33.9 Å². The lowest BCUT2D eigenvalue weighted by atomic mass is 10.0. The number of nitrogen functional groups attached to an aromatic ring is 1. The molecule has 1 aromatic heterocycles. The second-order valence-electron chi connectivity index (χ2n) is 7.12. The standard InChI is InChI=1S/C23H30N2/c1-2-3-4-5-6-7-8-9-12-18-15-16-20-22(17-18)25-21-14-11-10-13-19(21)23(20)24/h10-11,13-17H,2-9,12H2,1H3,(H2,24,25). The van der Waals surface area contributed by atoms with Crippen molar-refractivity contribution in [1.29, 1.82) is 0 Å². The van der Waals surface area contributed by atoms with Gasteiger partial charge in [0.15, 0.2) is 0 Å². The topological polar surface area (TPSA) is 38.9 Å². The zero-order chi connectivity index (χ0) is 17.5. The van der Waals surface area contributed by atoms with E-state index in [0.29, 0.717) is 0 Å². The van der Waals surface area contributed by atoms with Gasteiger partial charge in [-0.05, 0) is 30.5 Å². The number of hydrogen-bond acceptors (Lipinski definition) is 2. The Morgan fingerprint density at radius 3 is 2.24 bits per heavy atom. The highest BCUT2D eigenvalue weighted by Gasteiger charge is 2.06. The first kappa shape index (κ1) is 17.7. The summed E-state index contributed by atoms with van der Waals surface area (Å²) in [5.41, 5.74) is 10.6. The molecule has 25 heavy (non-hydrogen) atoms. The Morgan fingerprint density at radius 2 is 1.44 bits per heavy atom. The van der Waals surface area contributed by atoms with Crippen molar-refractivity contribution < 1.29 is 0 Å². The Morgan fingerprint density at radius 1 is 0.760 bits per heavy atom. The van der Waals surface area contributed by atoms with Crippen LogP contribution in [0.1, 0.15) is 63.9 Å². The predicted molar refractivity (Wildman–Crippen MR) is 110 cm³/mol. The molecule has 2 nitrogen and oxygen atoms in total. The molecule has 0 amide bonds. The molecule has 2 heteroatoms. The van der Waals surface area contributed by atoms with Gasteiger partial charge in [-0.25, -0.2) is 4.98 Å². The fraction of sp³-hybridized carbons (Fsp3) is 0.435. The van der Waals surface area contributed by atoms with Crippen LogP contribution in [0, 0.1) is 0 Å². The van der Waals surface area contributed by atoms with E-state index in [9.17, 15) is 0 Å². The van der Waals surface area contributed by atoms with E-state index >= 15 is 0 Å². The first-order chi connectivity index (χ1) is 12.3. The lowest BCUT2D eigenvalue weighted by Crippen LogP contribution is -1.94.